The Morgan fingerprint density at radius 2 is 2.15 bits per heavy atom. The van der Waals surface area contributed by atoms with Crippen molar-refractivity contribution in [3.05, 3.63) is 0 Å². The van der Waals surface area contributed by atoms with Gasteiger partial charge in [0.25, 0.3) is 0 Å². The van der Waals surface area contributed by atoms with Gasteiger partial charge in [-0.05, 0) is 38.6 Å². The maximum absolute atomic E-state index is 5.71. The molecule has 0 aliphatic heterocycles. The quantitative estimate of drug-likeness (QED) is 0.593. The Balaban J connectivity index is 2.01. The maximum Gasteiger partial charge on any atom is 0.0273 e. The predicted octanol–water partition coefficient (Wildman–Crippen LogP) is 1.89. The summed E-state index contributed by atoms with van der Waals surface area (Å²) in [7, 11) is 0. The van der Waals surface area contributed by atoms with Crippen LogP contribution in [0.5, 0.6) is 0 Å². The average Bonchev–Trinajstić information content (AvgIpc) is 2.96. The third kappa shape index (κ3) is 4.10. The number of hydrogen-bond acceptors (Lipinski definition) is 2. The van der Waals surface area contributed by atoms with Crippen molar-refractivity contribution in [1.29, 1.82) is 0 Å². The van der Waals surface area contributed by atoms with Crippen molar-refractivity contribution in [2.75, 3.05) is 13.1 Å². The first-order valence-corrected chi connectivity index (χ1v) is 5.65. The molecule has 1 fully saturated rings. The molecule has 2 heteroatoms. The first-order chi connectivity index (χ1) is 6.20. The molecule has 0 radical (unpaired) electrons. The Morgan fingerprint density at radius 3 is 2.62 bits per heavy atom. The zero-order valence-electron chi connectivity index (χ0n) is 9.10. The molecule has 1 saturated carbocycles. The molecule has 13 heavy (non-hydrogen) atoms. The van der Waals surface area contributed by atoms with Gasteiger partial charge in [-0.1, -0.05) is 19.8 Å². The van der Waals surface area contributed by atoms with Crippen LogP contribution in [-0.2, 0) is 0 Å². The summed E-state index contributed by atoms with van der Waals surface area (Å²) in [6.07, 6.45) is 6.80. The van der Waals surface area contributed by atoms with E-state index < -0.39 is 0 Å². The van der Waals surface area contributed by atoms with E-state index in [0.29, 0.717) is 0 Å². The highest BCUT2D eigenvalue weighted by Crippen LogP contribution is 2.33. The van der Waals surface area contributed by atoms with E-state index in [2.05, 4.69) is 19.2 Å². The van der Waals surface area contributed by atoms with E-state index in [4.69, 9.17) is 5.73 Å². The first kappa shape index (κ1) is 11.0. The fourth-order valence-electron chi connectivity index (χ4n) is 1.53. The standard InChI is InChI=1S/C11H24N2/c1-3-11(2,9-12)13-8-4-5-10-6-7-10/h10,13H,3-9,12H2,1-2H3. The summed E-state index contributed by atoms with van der Waals surface area (Å²) in [6, 6.07) is 0. The van der Waals surface area contributed by atoms with Crippen LogP contribution in [0.3, 0.4) is 0 Å². The van der Waals surface area contributed by atoms with Gasteiger partial charge in [-0.3, -0.25) is 0 Å². The molecule has 78 valence electrons. The van der Waals surface area contributed by atoms with Crippen LogP contribution in [0, 0.1) is 5.92 Å². The second kappa shape index (κ2) is 4.97. The molecule has 0 aromatic carbocycles. The monoisotopic (exact) mass is 184 g/mol. The molecule has 1 aliphatic rings. The maximum atomic E-state index is 5.71. The summed E-state index contributed by atoms with van der Waals surface area (Å²) in [4.78, 5) is 0. The van der Waals surface area contributed by atoms with E-state index in [0.717, 1.165) is 25.4 Å². The number of hydrogen-bond donors (Lipinski definition) is 2. The molecular weight excluding hydrogens is 160 g/mol. The molecule has 0 heterocycles. The SMILES string of the molecule is CCC(C)(CN)NCCCC1CC1. The molecular formula is C11H24N2. The van der Waals surface area contributed by atoms with Crippen LogP contribution >= 0.6 is 0 Å². The van der Waals surface area contributed by atoms with Gasteiger partial charge in [0.1, 0.15) is 0 Å². The van der Waals surface area contributed by atoms with Gasteiger partial charge in [0.15, 0.2) is 0 Å². The fourth-order valence-corrected chi connectivity index (χ4v) is 1.53. The van der Waals surface area contributed by atoms with Gasteiger partial charge in [0.05, 0.1) is 0 Å². The Bertz CT molecular complexity index is 137. The van der Waals surface area contributed by atoms with E-state index >= 15 is 0 Å². The number of nitrogens with two attached hydrogens (primary N) is 1. The van der Waals surface area contributed by atoms with Crippen LogP contribution < -0.4 is 11.1 Å². The van der Waals surface area contributed by atoms with Crippen molar-refractivity contribution in [2.24, 2.45) is 11.7 Å². The Hall–Kier alpha value is -0.0800. The molecule has 3 N–H and O–H groups in total. The van der Waals surface area contributed by atoms with E-state index in [-0.39, 0.29) is 5.54 Å². The molecule has 1 unspecified atom stereocenters. The van der Waals surface area contributed by atoms with Crippen LogP contribution in [0.25, 0.3) is 0 Å². The van der Waals surface area contributed by atoms with E-state index in [1.165, 1.54) is 25.7 Å². The topological polar surface area (TPSA) is 38.0 Å². The molecule has 1 atom stereocenters. The minimum atomic E-state index is 0.170. The largest absolute Gasteiger partial charge is 0.329 e. The number of rotatable bonds is 7. The lowest BCUT2D eigenvalue weighted by Gasteiger charge is -2.28. The molecule has 1 rings (SSSR count). The van der Waals surface area contributed by atoms with Crippen LogP contribution in [0.2, 0.25) is 0 Å². The number of nitrogens with one attached hydrogen (secondary N) is 1. The van der Waals surface area contributed by atoms with Gasteiger partial charge in [-0.15, -0.1) is 0 Å². The predicted molar refractivity (Wildman–Crippen MR) is 57.7 cm³/mol. The second-order valence-corrected chi connectivity index (χ2v) is 4.63. The minimum absolute atomic E-state index is 0.170. The van der Waals surface area contributed by atoms with Crippen LogP contribution in [0.4, 0.5) is 0 Å². The summed E-state index contributed by atoms with van der Waals surface area (Å²) in [6.45, 7) is 6.29. The smallest absolute Gasteiger partial charge is 0.0273 e. The van der Waals surface area contributed by atoms with Gasteiger partial charge in [0, 0.05) is 12.1 Å². The third-order valence-corrected chi connectivity index (χ3v) is 3.27. The summed E-state index contributed by atoms with van der Waals surface area (Å²) in [5, 5.41) is 3.55. The van der Waals surface area contributed by atoms with Crippen molar-refractivity contribution in [3.8, 4) is 0 Å². The molecule has 0 aromatic heterocycles. The summed E-state index contributed by atoms with van der Waals surface area (Å²) in [5.74, 6) is 1.06. The second-order valence-electron chi connectivity index (χ2n) is 4.63. The Kier molecular flexibility index (Phi) is 4.20. The third-order valence-electron chi connectivity index (χ3n) is 3.27. The molecule has 1 aliphatic carbocycles. The van der Waals surface area contributed by atoms with E-state index in [1.54, 1.807) is 0 Å². The van der Waals surface area contributed by atoms with Gasteiger partial charge >= 0.3 is 0 Å². The summed E-state index contributed by atoms with van der Waals surface area (Å²) < 4.78 is 0. The van der Waals surface area contributed by atoms with E-state index in [9.17, 15) is 0 Å². The van der Waals surface area contributed by atoms with Crippen LogP contribution in [0.1, 0.15) is 46.0 Å². The molecule has 2 nitrogen and oxygen atoms in total. The zero-order valence-corrected chi connectivity index (χ0v) is 9.10. The van der Waals surface area contributed by atoms with Crippen LogP contribution in [-0.4, -0.2) is 18.6 Å². The Labute approximate surface area is 82.3 Å². The zero-order chi connectivity index (χ0) is 9.73. The fraction of sp³-hybridized carbons (Fsp3) is 1.00. The lowest BCUT2D eigenvalue weighted by Crippen LogP contribution is -2.48. The van der Waals surface area contributed by atoms with Crippen molar-refractivity contribution < 1.29 is 0 Å². The highest BCUT2D eigenvalue weighted by atomic mass is 15.0. The summed E-state index contributed by atoms with van der Waals surface area (Å²) >= 11 is 0. The summed E-state index contributed by atoms with van der Waals surface area (Å²) in [5.41, 5.74) is 5.88. The van der Waals surface area contributed by atoms with Gasteiger partial charge in [-0.2, -0.15) is 0 Å². The van der Waals surface area contributed by atoms with Crippen LogP contribution in [0.15, 0.2) is 0 Å². The minimum Gasteiger partial charge on any atom is -0.329 e. The average molecular weight is 184 g/mol. The van der Waals surface area contributed by atoms with E-state index in [1.807, 2.05) is 0 Å². The van der Waals surface area contributed by atoms with Gasteiger partial charge < -0.3 is 11.1 Å². The first-order valence-electron chi connectivity index (χ1n) is 5.65. The lowest BCUT2D eigenvalue weighted by molar-refractivity contribution is 0.347. The molecule has 0 amide bonds. The Morgan fingerprint density at radius 1 is 1.46 bits per heavy atom. The van der Waals surface area contributed by atoms with Crippen molar-refractivity contribution >= 4 is 0 Å². The normalized spacial score (nSPS) is 21.5. The van der Waals surface area contributed by atoms with Gasteiger partial charge in [0.2, 0.25) is 0 Å². The van der Waals surface area contributed by atoms with Crippen molar-refractivity contribution in [3.63, 3.8) is 0 Å². The van der Waals surface area contributed by atoms with Gasteiger partial charge in [-0.25, -0.2) is 0 Å². The highest BCUT2D eigenvalue weighted by Gasteiger charge is 2.21. The van der Waals surface area contributed by atoms with Crippen molar-refractivity contribution in [1.82, 2.24) is 5.32 Å². The van der Waals surface area contributed by atoms with Crippen molar-refractivity contribution in [2.45, 2.75) is 51.5 Å². The molecule has 0 bridgehead atoms. The lowest BCUT2D eigenvalue weighted by atomic mass is 9.99. The molecule has 0 spiro atoms. The molecule has 0 aromatic rings. The molecule has 0 saturated heterocycles. The highest BCUT2D eigenvalue weighted by molar-refractivity contribution is 4.82.